The number of likely N-dealkylation sites (tertiary alicyclic amines) is 1. The molecule has 4 heterocycles. The van der Waals surface area contributed by atoms with Crippen molar-refractivity contribution < 1.29 is 49.0 Å². The van der Waals surface area contributed by atoms with Crippen molar-refractivity contribution in [1.82, 2.24) is 14.8 Å². The van der Waals surface area contributed by atoms with Crippen LogP contribution in [0.3, 0.4) is 0 Å². The molecule has 2 amide bonds. The Labute approximate surface area is 208 Å². The van der Waals surface area contributed by atoms with Gasteiger partial charge in [0.25, 0.3) is 0 Å². The van der Waals surface area contributed by atoms with Crippen molar-refractivity contribution in [2.75, 3.05) is 13.1 Å². The van der Waals surface area contributed by atoms with E-state index in [1.807, 2.05) is 30.9 Å². The molecule has 0 spiro atoms. The minimum absolute atomic E-state index is 0. The number of rotatable bonds is 6. The van der Waals surface area contributed by atoms with Crippen molar-refractivity contribution in [1.29, 1.82) is 0 Å². The summed E-state index contributed by atoms with van der Waals surface area (Å²) in [5.74, 6) is -1.36. The van der Waals surface area contributed by atoms with Gasteiger partial charge in [-0.05, 0) is 30.9 Å². The van der Waals surface area contributed by atoms with Gasteiger partial charge in [0, 0.05) is 41.6 Å². The number of carboxylic acid groups (broad SMARTS) is 1. The summed E-state index contributed by atoms with van der Waals surface area (Å²) in [5.41, 5.74) is 0.976. The summed E-state index contributed by atoms with van der Waals surface area (Å²) in [6.07, 6.45) is 6.07. The Kier molecular flexibility index (Phi) is 7.89. The van der Waals surface area contributed by atoms with E-state index < -0.39 is 5.97 Å². The molecule has 3 unspecified atom stereocenters. The van der Waals surface area contributed by atoms with Crippen molar-refractivity contribution >= 4 is 29.5 Å². The van der Waals surface area contributed by atoms with E-state index in [4.69, 9.17) is 0 Å². The van der Waals surface area contributed by atoms with Gasteiger partial charge in [0.1, 0.15) is 0 Å². The number of pyridine rings is 1. The van der Waals surface area contributed by atoms with Gasteiger partial charge >= 0.3 is 29.6 Å². The number of carbonyl (C=O) groups is 3. The Bertz CT molecular complexity index is 886. The molecule has 0 bridgehead atoms. The van der Waals surface area contributed by atoms with Gasteiger partial charge in [0.15, 0.2) is 0 Å². The predicted molar refractivity (Wildman–Crippen MR) is 111 cm³/mol. The summed E-state index contributed by atoms with van der Waals surface area (Å²) < 4.78 is 0. The van der Waals surface area contributed by atoms with Crippen molar-refractivity contribution in [2.45, 2.75) is 50.8 Å². The van der Waals surface area contributed by atoms with Crippen LogP contribution in [0.2, 0.25) is 0 Å². The molecule has 160 valence electrons. The molecule has 3 aliphatic heterocycles. The number of thioether (sulfide) groups is 1. The van der Waals surface area contributed by atoms with Crippen LogP contribution in [0.25, 0.3) is 0 Å². The maximum atomic E-state index is 12.6. The van der Waals surface area contributed by atoms with E-state index in [2.05, 4.69) is 4.98 Å². The van der Waals surface area contributed by atoms with Gasteiger partial charge in [-0.25, -0.2) is 0 Å². The normalized spacial score (nSPS) is 25.7. The van der Waals surface area contributed by atoms with Gasteiger partial charge in [-0.1, -0.05) is 19.9 Å². The predicted octanol–water partition coefficient (Wildman–Crippen LogP) is -1.80. The number of nitrogens with zero attached hydrogens (tertiary/aromatic N) is 3. The molecular formula is C22H26N3NaO4S. The second-order valence-corrected chi connectivity index (χ2v) is 9.58. The fourth-order valence-corrected chi connectivity index (χ4v) is 6.31. The van der Waals surface area contributed by atoms with Gasteiger partial charge < -0.3 is 19.7 Å². The molecule has 0 saturated carbocycles. The fraction of sp³-hybridized carbons (Fsp3) is 0.545. The van der Waals surface area contributed by atoms with Gasteiger partial charge in [0.2, 0.25) is 11.8 Å². The Morgan fingerprint density at radius 2 is 2.00 bits per heavy atom. The Balaban J connectivity index is 0.00000272. The van der Waals surface area contributed by atoms with Crippen LogP contribution in [-0.4, -0.2) is 56.9 Å². The van der Waals surface area contributed by atoms with Gasteiger partial charge in [-0.2, -0.15) is 0 Å². The van der Waals surface area contributed by atoms with Crippen molar-refractivity contribution in [3.05, 3.63) is 40.7 Å². The van der Waals surface area contributed by atoms with Crippen molar-refractivity contribution in [2.24, 2.45) is 11.8 Å². The Morgan fingerprint density at radius 1 is 1.29 bits per heavy atom. The van der Waals surface area contributed by atoms with E-state index in [0.29, 0.717) is 19.5 Å². The molecule has 31 heavy (non-hydrogen) atoms. The zero-order valence-corrected chi connectivity index (χ0v) is 21.1. The van der Waals surface area contributed by atoms with Crippen LogP contribution in [0, 0.1) is 11.8 Å². The van der Waals surface area contributed by atoms with Crippen LogP contribution < -0.4 is 34.7 Å². The number of aliphatic carboxylic acids is 1. The molecule has 2 saturated heterocycles. The SMILES string of the molecule is CCC1C(=O)N2C(C(=O)[O-])=C(SC3CCN(C(=O)Cc4cccnc4)CC3)C(C)C12.[Na+]. The van der Waals surface area contributed by atoms with Crippen LogP contribution in [0.4, 0.5) is 0 Å². The average molecular weight is 452 g/mol. The second-order valence-electron chi connectivity index (χ2n) is 8.24. The molecule has 0 N–H and O–H groups in total. The molecule has 0 aromatic carbocycles. The van der Waals surface area contributed by atoms with Gasteiger partial charge in [0.05, 0.1) is 30.0 Å². The molecule has 7 nitrogen and oxygen atoms in total. The zero-order valence-electron chi connectivity index (χ0n) is 18.2. The summed E-state index contributed by atoms with van der Waals surface area (Å²) in [4.78, 5) is 44.9. The smallest absolute Gasteiger partial charge is 0.543 e. The third-order valence-electron chi connectivity index (χ3n) is 6.46. The molecular weight excluding hydrogens is 425 g/mol. The molecule has 1 aromatic heterocycles. The first kappa shape index (κ1) is 24.3. The summed E-state index contributed by atoms with van der Waals surface area (Å²) in [7, 11) is 0. The van der Waals surface area contributed by atoms with Gasteiger partial charge in [-0.3, -0.25) is 14.6 Å². The number of piperidine rings is 1. The number of β-lactam (4-membered cyclic amide) rings is 1. The van der Waals surface area contributed by atoms with E-state index in [0.717, 1.165) is 29.7 Å². The zero-order chi connectivity index (χ0) is 21.4. The first-order chi connectivity index (χ1) is 14.4. The molecule has 0 aliphatic carbocycles. The van der Waals surface area contributed by atoms with Crippen molar-refractivity contribution in [3.8, 4) is 0 Å². The summed E-state index contributed by atoms with van der Waals surface area (Å²) in [5, 5.41) is 12.0. The second kappa shape index (κ2) is 10.1. The monoisotopic (exact) mass is 451 g/mol. The third-order valence-corrected chi connectivity index (χ3v) is 8.09. The van der Waals surface area contributed by atoms with E-state index in [1.54, 1.807) is 24.2 Å². The summed E-state index contributed by atoms with van der Waals surface area (Å²) >= 11 is 1.57. The van der Waals surface area contributed by atoms with E-state index in [1.165, 1.54) is 4.90 Å². The van der Waals surface area contributed by atoms with Crippen molar-refractivity contribution in [3.63, 3.8) is 0 Å². The topological polar surface area (TPSA) is 93.6 Å². The Hall–Kier alpha value is -1.35. The van der Waals surface area contributed by atoms with Crippen LogP contribution in [0.1, 0.15) is 38.7 Å². The number of carbonyl (C=O) groups excluding carboxylic acids is 3. The molecule has 1 aromatic rings. The maximum Gasteiger partial charge on any atom is 1.00 e. The van der Waals surface area contributed by atoms with E-state index in [-0.39, 0.29) is 70.2 Å². The van der Waals surface area contributed by atoms with Crippen LogP contribution >= 0.6 is 11.8 Å². The standard InChI is InChI=1S/C22H27N3O4S.Na/c1-3-16-18-13(2)20(19(22(28)29)25(18)21(16)27)30-15-6-9-24(10-7-15)17(26)11-14-5-4-8-23-12-14;/h4-5,8,12-13,15-16,18H,3,6-7,9-11H2,1-2H3,(H,28,29);/q;+1/p-1. The van der Waals surface area contributed by atoms with E-state index in [9.17, 15) is 19.5 Å². The summed E-state index contributed by atoms with van der Waals surface area (Å²) in [6, 6.07) is 3.67. The maximum absolute atomic E-state index is 12.6. The fourth-order valence-electron chi connectivity index (χ4n) is 4.86. The number of carboxylic acids is 1. The number of hydrogen-bond donors (Lipinski definition) is 0. The minimum Gasteiger partial charge on any atom is -0.543 e. The first-order valence-electron chi connectivity index (χ1n) is 10.5. The third kappa shape index (κ3) is 4.58. The molecule has 0 radical (unpaired) electrons. The minimum atomic E-state index is -1.26. The molecule has 9 heteroatoms. The number of hydrogen-bond acceptors (Lipinski definition) is 6. The summed E-state index contributed by atoms with van der Waals surface area (Å²) in [6.45, 7) is 5.29. The van der Waals surface area contributed by atoms with Gasteiger partial charge in [-0.15, -0.1) is 11.8 Å². The van der Waals surface area contributed by atoms with E-state index >= 15 is 0 Å². The Morgan fingerprint density at radius 3 is 2.58 bits per heavy atom. The molecule has 2 fully saturated rings. The number of fused-ring (bicyclic) bond motifs is 1. The first-order valence-corrected chi connectivity index (χ1v) is 11.4. The van der Waals surface area contributed by atoms with Crippen LogP contribution in [0.5, 0.6) is 0 Å². The largest absolute Gasteiger partial charge is 1.00 e. The molecule has 3 atom stereocenters. The number of aromatic nitrogens is 1. The molecule has 3 aliphatic rings. The van der Waals surface area contributed by atoms with Crippen LogP contribution in [-0.2, 0) is 20.8 Å². The average Bonchev–Trinajstić information content (AvgIpc) is 2.99. The molecule has 4 rings (SSSR count). The quantitative estimate of drug-likeness (QED) is 0.374. The number of amides is 2. The van der Waals surface area contributed by atoms with Crippen LogP contribution in [0.15, 0.2) is 35.1 Å².